The van der Waals surface area contributed by atoms with Gasteiger partial charge >= 0.3 is 0 Å². The quantitative estimate of drug-likeness (QED) is 0.799. The summed E-state index contributed by atoms with van der Waals surface area (Å²) in [6, 6.07) is 7.82. The van der Waals surface area contributed by atoms with Crippen LogP contribution in [-0.4, -0.2) is 9.78 Å². The molecule has 2 nitrogen and oxygen atoms in total. The Morgan fingerprint density at radius 2 is 1.88 bits per heavy atom. The molecule has 0 aliphatic heterocycles. The zero-order valence-electron chi connectivity index (χ0n) is 10.3. The van der Waals surface area contributed by atoms with Crippen LogP contribution in [0, 0.1) is 0 Å². The Hall–Kier alpha value is -1.28. The van der Waals surface area contributed by atoms with Crippen molar-refractivity contribution in [3.05, 3.63) is 46.7 Å². The van der Waals surface area contributed by atoms with Crippen molar-refractivity contribution in [2.75, 3.05) is 0 Å². The molecule has 17 heavy (non-hydrogen) atoms. The van der Waals surface area contributed by atoms with Gasteiger partial charge in [0.2, 0.25) is 0 Å². The van der Waals surface area contributed by atoms with Gasteiger partial charge in [-0.25, -0.2) is 4.68 Å². The summed E-state index contributed by atoms with van der Waals surface area (Å²) in [6.45, 7) is 4.36. The van der Waals surface area contributed by atoms with E-state index in [1.54, 1.807) is 0 Å². The van der Waals surface area contributed by atoms with Crippen molar-refractivity contribution in [1.29, 1.82) is 0 Å². The first-order valence-corrected chi connectivity index (χ1v) is 6.45. The first kappa shape index (κ1) is 12.2. The van der Waals surface area contributed by atoms with Crippen molar-refractivity contribution < 1.29 is 0 Å². The number of rotatable bonds is 4. The summed E-state index contributed by atoms with van der Waals surface area (Å²) < 4.78 is 2.03. The molecular weight excluding hydrogens is 232 g/mol. The molecule has 0 aliphatic carbocycles. The monoisotopic (exact) mass is 248 g/mol. The van der Waals surface area contributed by atoms with Crippen LogP contribution in [0.25, 0.3) is 5.69 Å². The van der Waals surface area contributed by atoms with Gasteiger partial charge in [-0.1, -0.05) is 31.9 Å². The first-order valence-electron chi connectivity index (χ1n) is 6.08. The molecule has 2 aromatic rings. The third-order valence-corrected chi connectivity index (χ3v) is 3.15. The predicted molar refractivity (Wildman–Crippen MR) is 71.9 cm³/mol. The van der Waals surface area contributed by atoms with E-state index in [1.807, 2.05) is 35.1 Å². The van der Waals surface area contributed by atoms with Gasteiger partial charge in [-0.2, -0.15) is 5.10 Å². The second kappa shape index (κ2) is 5.37. The first-order chi connectivity index (χ1) is 8.26. The standard InChI is InChI=1S/C14H17ClN2/c1-3-5-14-11(4-2)10-16-17(14)13-8-6-12(15)7-9-13/h6-10H,3-5H2,1-2H3. The van der Waals surface area contributed by atoms with E-state index in [1.165, 1.54) is 11.3 Å². The average Bonchev–Trinajstić information content (AvgIpc) is 2.74. The zero-order chi connectivity index (χ0) is 12.3. The van der Waals surface area contributed by atoms with Crippen molar-refractivity contribution in [3.8, 4) is 5.69 Å². The van der Waals surface area contributed by atoms with Gasteiger partial charge in [-0.15, -0.1) is 0 Å². The smallest absolute Gasteiger partial charge is 0.0649 e. The Morgan fingerprint density at radius 3 is 2.47 bits per heavy atom. The van der Waals surface area contributed by atoms with Gasteiger partial charge in [0, 0.05) is 10.7 Å². The number of halogens is 1. The van der Waals surface area contributed by atoms with E-state index in [-0.39, 0.29) is 0 Å². The van der Waals surface area contributed by atoms with Gasteiger partial charge in [0.15, 0.2) is 0 Å². The van der Waals surface area contributed by atoms with Crippen LogP contribution < -0.4 is 0 Å². The van der Waals surface area contributed by atoms with Crippen LogP contribution in [0.3, 0.4) is 0 Å². The lowest BCUT2D eigenvalue weighted by atomic mass is 10.1. The summed E-state index contributed by atoms with van der Waals surface area (Å²) >= 11 is 5.90. The second-order valence-corrected chi connectivity index (χ2v) is 4.54. The van der Waals surface area contributed by atoms with Crippen LogP contribution in [-0.2, 0) is 12.8 Å². The Bertz CT molecular complexity index is 485. The van der Waals surface area contributed by atoms with Gasteiger partial charge in [-0.3, -0.25) is 0 Å². The van der Waals surface area contributed by atoms with E-state index < -0.39 is 0 Å². The maximum Gasteiger partial charge on any atom is 0.0649 e. The van der Waals surface area contributed by atoms with Crippen LogP contribution in [0.2, 0.25) is 5.02 Å². The average molecular weight is 249 g/mol. The molecule has 2 rings (SSSR count). The predicted octanol–water partition coefficient (Wildman–Crippen LogP) is 4.04. The Balaban J connectivity index is 2.43. The van der Waals surface area contributed by atoms with Crippen molar-refractivity contribution in [1.82, 2.24) is 9.78 Å². The van der Waals surface area contributed by atoms with Crippen molar-refractivity contribution in [3.63, 3.8) is 0 Å². The lowest BCUT2D eigenvalue weighted by Gasteiger charge is -2.08. The topological polar surface area (TPSA) is 17.8 Å². The third-order valence-electron chi connectivity index (χ3n) is 2.89. The van der Waals surface area contributed by atoms with Crippen LogP contribution in [0.5, 0.6) is 0 Å². The molecule has 1 aromatic heterocycles. The second-order valence-electron chi connectivity index (χ2n) is 4.11. The van der Waals surface area contributed by atoms with E-state index in [4.69, 9.17) is 11.6 Å². The fraction of sp³-hybridized carbons (Fsp3) is 0.357. The fourth-order valence-electron chi connectivity index (χ4n) is 2.01. The number of aromatic nitrogens is 2. The van der Waals surface area contributed by atoms with E-state index in [0.717, 1.165) is 30.0 Å². The fourth-order valence-corrected chi connectivity index (χ4v) is 2.14. The van der Waals surface area contributed by atoms with Crippen LogP contribution >= 0.6 is 11.6 Å². The molecule has 0 radical (unpaired) electrons. The normalized spacial score (nSPS) is 10.8. The number of benzene rings is 1. The molecule has 0 bridgehead atoms. The summed E-state index contributed by atoms with van der Waals surface area (Å²) in [5, 5.41) is 5.24. The summed E-state index contributed by atoms with van der Waals surface area (Å²) in [5.41, 5.74) is 3.73. The van der Waals surface area contributed by atoms with Gasteiger partial charge < -0.3 is 0 Å². The highest BCUT2D eigenvalue weighted by Crippen LogP contribution is 2.19. The van der Waals surface area contributed by atoms with Gasteiger partial charge in [0.25, 0.3) is 0 Å². The van der Waals surface area contributed by atoms with Crippen LogP contribution in [0.1, 0.15) is 31.5 Å². The molecule has 0 saturated heterocycles. The number of hydrogen-bond donors (Lipinski definition) is 0. The highest BCUT2D eigenvalue weighted by molar-refractivity contribution is 6.30. The number of hydrogen-bond acceptors (Lipinski definition) is 1. The molecule has 1 aromatic carbocycles. The maximum atomic E-state index is 5.90. The van der Waals surface area contributed by atoms with E-state index in [9.17, 15) is 0 Å². The zero-order valence-corrected chi connectivity index (χ0v) is 11.0. The molecule has 0 N–H and O–H groups in total. The Morgan fingerprint density at radius 1 is 1.18 bits per heavy atom. The largest absolute Gasteiger partial charge is 0.238 e. The van der Waals surface area contributed by atoms with E-state index in [2.05, 4.69) is 18.9 Å². The Kier molecular flexibility index (Phi) is 3.85. The summed E-state index contributed by atoms with van der Waals surface area (Å²) in [4.78, 5) is 0. The molecule has 0 spiro atoms. The van der Waals surface area contributed by atoms with Crippen LogP contribution in [0.4, 0.5) is 0 Å². The lowest BCUT2D eigenvalue weighted by Crippen LogP contribution is -2.03. The highest BCUT2D eigenvalue weighted by Gasteiger charge is 2.09. The minimum atomic E-state index is 0.758. The SMILES string of the molecule is CCCc1c(CC)cnn1-c1ccc(Cl)cc1. The summed E-state index contributed by atoms with van der Waals surface area (Å²) in [7, 11) is 0. The molecule has 0 saturated carbocycles. The van der Waals surface area contributed by atoms with Gasteiger partial charge in [0.1, 0.15) is 0 Å². The molecule has 0 atom stereocenters. The van der Waals surface area contributed by atoms with E-state index in [0.29, 0.717) is 0 Å². The van der Waals surface area contributed by atoms with Crippen molar-refractivity contribution in [2.45, 2.75) is 33.1 Å². The Labute approximate surface area is 107 Å². The summed E-state index contributed by atoms with van der Waals surface area (Å²) in [5.74, 6) is 0. The van der Waals surface area contributed by atoms with Gasteiger partial charge in [-0.05, 0) is 42.7 Å². The molecule has 90 valence electrons. The van der Waals surface area contributed by atoms with Crippen molar-refractivity contribution >= 4 is 11.6 Å². The van der Waals surface area contributed by atoms with E-state index >= 15 is 0 Å². The molecule has 0 unspecified atom stereocenters. The molecule has 0 fully saturated rings. The molecule has 3 heteroatoms. The number of aryl methyl sites for hydroxylation is 1. The highest BCUT2D eigenvalue weighted by atomic mass is 35.5. The number of nitrogens with zero attached hydrogens (tertiary/aromatic N) is 2. The lowest BCUT2D eigenvalue weighted by molar-refractivity contribution is 0.768. The molecule has 1 heterocycles. The third kappa shape index (κ3) is 2.52. The van der Waals surface area contributed by atoms with Crippen molar-refractivity contribution in [2.24, 2.45) is 0 Å². The molecule has 0 aliphatic rings. The minimum Gasteiger partial charge on any atom is -0.238 e. The maximum absolute atomic E-state index is 5.90. The molecular formula is C14H17ClN2. The van der Waals surface area contributed by atoms with Crippen LogP contribution in [0.15, 0.2) is 30.5 Å². The summed E-state index contributed by atoms with van der Waals surface area (Å²) in [6.07, 6.45) is 5.20. The minimum absolute atomic E-state index is 0.758. The van der Waals surface area contributed by atoms with Gasteiger partial charge in [0.05, 0.1) is 11.9 Å². The molecule has 0 amide bonds.